The van der Waals surface area contributed by atoms with Crippen LogP contribution in [-0.4, -0.2) is 58.7 Å². The van der Waals surface area contributed by atoms with Gasteiger partial charge in [-0.1, -0.05) is 0 Å². The number of furan rings is 1. The van der Waals surface area contributed by atoms with Gasteiger partial charge in [0, 0.05) is 33.2 Å². The van der Waals surface area contributed by atoms with Gasteiger partial charge in [-0.3, -0.25) is 0 Å². The third-order valence-corrected chi connectivity index (χ3v) is 6.98. The number of nitrogens with one attached hydrogen (secondary N) is 1. The van der Waals surface area contributed by atoms with Gasteiger partial charge in [-0.15, -0.1) is 0 Å². The van der Waals surface area contributed by atoms with Crippen molar-refractivity contribution in [3.63, 3.8) is 0 Å². The number of hydrogen-bond donors (Lipinski definition) is 1. The molecule has 2 heterocycles. The minimum absolute atomic E-state index is 0.118. The Kier molecular flexibility index (Phi) is 4.45. The molecule has 21 heavy (non-hydrogen) atoms. The van der Waals surface area contributed by atoms with Crippen molar-refractivity contribution in [3.8, 4) is 0 Å². The van der Waals surface area contributed by atoms with Crippen molar-refractivity contribution >= 4 is 20.2 Å². The van der Waals surface area contributed by atoms with E-state index in [1.165, 1.54) is 21.7 Å². The molecule has 0 radical (unpaired) electrons. The maximum Gasteiger partial charge on any atom is 0.279 e. The number of sulfonamides is 1. The van der Waals surface area contributed by atoms with E-state index in [-0.39, 0.29) is 31.1 Å². The van der Waals surface area contributed by atoms with E-state index in [1.807, 2.05) is 0 Å². The van der Waals surface area contributed by atoms with Gasteiger partial charge < -0.3 is 4.42 Å². The van der Waals surface area contributed by atoms with Crippen LogP contribution < -0.4 is 4.72 Å². The summed E-state index contributed by atoms with van der Waals surface area (Å²) in [6, 6.07) is 1.49. The van der Waals surface area contributed by atoms with Gasteiger partial charge >= 0.3 is 0 Å². The van der Waals surface area contributed by atoms with E-state index in [9.17, 15) is 16.8 Å². The number of piperazine rings is 1. The van der Waals surface area contributed by atoms with Crippen molar-refractivity contribution in [2.24, 2.45) is 0 Å². The molecule has 1 aliphatic heterocycles. The van der Waals surface area contributed by atoms with Gasteiger partial charge in [0.2, 0.25) is 10.0 Å². The third kappa shape index (κ3) is 3.14. The highest BCUT2D eigenvalue weighted by Crippen LogP contribution is 2.24. The Hall–Kier alpha value is -0.940. The van der Waals surface area contributed by atoms with Crippen molar-refractivity contribution in [1.29, 1.82) is 0 Å². The largest absolute Gasteiger partial charge is 0.465 e. The second-order valence-electron chi connectivity index (χ2n) is 4.79. The SMILES string of the molecule is CNS(=O)(=O)N1CCN(S(=O)(=O)c2cc(C)oc2C)CC1. The minimum atomic E-state index is -3.65. The summed E-state index contributed by atoms with van der Waals surface area (Å²) in [5, 5.41) is 0. The highest BCUT2D eigenvalue weighted by molar-refractivity contribution is 7.89. The van der Waals surface area contributed by atoms with E-state index in [0.29, 0.717) is 11.5 Å². The maximum atomic E-state index is 12.5. The average Bonchev–Trinajstić information content (AvgIpc) is 2.78. The second kappa shape index (κ2) is 5.69. The quantitative estimate of drug-likeness (QED) is 0.811. The second-order valence-corrected chi connectivity index (χ2v) is 8.57. The van der Waals surface area contributed by atoms with Gasteiger partial charge in [0.25, 0.3) is 10.2 Å². The first-order valence-electron chi connectivity index (χ1n) is 6.44. The summed E-state index contributed by atoms with van der Waals surface area (Å²) in [6.07, 6.45) is 0. The molecular weight excluding hydrogens is 318 g/mol. The van der Waals surface area contributed by atoms with Gasteiger partial charge in [-0.25, -0.2) is 13.1 Å². The van der Waals surface area contributed by atoms with Gasteiger partial charge in [0.1, 0.15) is 16.4 Å². The zero-order chi connectivity index (χ0) is 15.8. The van der Waals surface area contributed by atoms with Crippen molar-refractivity contribution < 1.29 is 21.3 Å². The first kappa shape index (κ1) is 16.4. The molecule has 0 unspecified atom stereocenters. The zero-order valence-corrected chi connectivity index (χ0v) is 13.8. The molecule has 2 rings (SSSR count). The molecule has 8 nitrogen and oxygen atoms in total. The summed E-state index contributed by atoms with van der Waals surface area (Å²) in [4.78, 5) is 0.143. The lowest BCUT2D eigenvalue weighted by molar-refractivity contribution is 0.271. The molecule has 1 aliphatic rings. The van der Waals surface area contributed by atoms with E-state index in [1.54, 1.807) is 13.8 Å². The molecule has 10 heteroatoms. The Morgan fingerprint density at radius 1 is 1.05 bits per heavy atom. The molecule has 1 saturated heterocycles. The number of nitrogens with zero attached hydrogens (tertiary/aromatic N) is 2. The minimum Gasteiger partial charge on any atom is -0.465 e. The standard InChI is InChI=1S/C11H19N3O5S2/c1-9-8-11(10(2)19-9)20(15,16)13-4-6-14(7-5-13)21(17,18)12-3/h8,12H,4-7H2,1-3H3. The molecule has 0 spiro atoms. The van der Waals surface area contributed by atoms with Crippen molar-refractivity contribution in [2.75, 3.05) is 33.2 Å². The van der Waals surface area contributed by atoms with E-state index in [4.69, 9.17) is 4.42 Å². The molecule has 1 aromatic heterocycles. The fourth-order valence-corrected chi connectivity index (χ4v) is 4.83. The molecule has 1 fully saturated rings. The fraction of sp³-hybridized carbons (Fsp3) is 0.636. The summed E-state index contributed by atoms with van der Waals surface area (Å²) in [5.74, 6) is 0.875. The Morgan fingerprint density at radius 2 is 1.57 bits per heavy atom. The van der Waals surface area contributed by atoms with Crippen LogP contribution in [-0.2, 0) is 20.2 Å². The Morgan fingerprint density at radius 3 is 2.00 bits per heavy atom. The van der Waals surface area contributed by atoms with Crippen LogP contribution in [0.5, 0.6) is 0 Å². The van der Waals surface area contributed by atoms with Crippen LogP contribution >= 0.6 is 0 Å². The highest BCUT2D eigenvalue weighted by atomic mass is 32.2. The number of rotatable bonds is 4. The number of hydrogen-bond acceptors (Lipinski definition) is 5. The van der Waals surface area contributed by atoms with Crippen LogP contribution in [0.2, 0.25) is 0 Å². The summed E-state index contributed by atoms with van der Waals surface area (Å²) < 4.78 is 58.4. The molecule has 0 bridgehead atoms. The first-order chi connectivity index (χ1) is 9.68. The molecule has 0 aliphatic carbocycles. The van der Waals surface area contributed by atoms with Gasteiger partial charge in [0.05, 0.1) is 0 Å². The normalized spacial score (nSPS) is 19.0. The van der Waals surface area contributed by atoms with Crippen molar-refractivity contribution in [3.05, 3.63) is 17.6 Å². The van der Waals surface area contributed by atoms with Crippen LogP contribution in [0.25, 0.3) is 0 Å². The Balaban J connectivity index is 2.17. The van der Waals surface area contributed by atoms with Crippen LogP contribution in [0.1, 0.15) is 11.5 Å². The molecule has 0 amide bonds. The van der Waals surface area contributed by atoms with Gasteiger partial charge in [-0.2, -0.15) is 17.0 Å². The summed E-state index contributed by atoms with van der Waals surface area (Å²) in [7, 11) is -5.84. The zero-order valence-electron chi connectivity index (χ0n) is 12.2. The molecule has 0 atom stereocenters. The van der Waals surface area contributed by atoms with Gasteiger partial charge in [-0.05, 0) is 19.9 Å². The van der Waals surface area contributed by atoms with Gasteiger partial charge in [0.15, 0.2) is 0 Å². The maximum absolute atomic E-state index is 12.5. The van der Waals surface area contributed by atoms with E-state index in [2.05, 4.69) is 4.72 Å². The van der Waals surface area contributed by atoms with Crippen LogP contribution in [0.3, 0.4) is 0 Å². The summed E-state index contributed by atoms with van der Waals surface area (Å²) in [5.41, 5.74) is 0. The van der Waals surface area contributed by atoms with E-state index >= 15 is 0 Å². The molecular formula is C11H19N3O5S2. The molecule has 120 valence electrons. The predicted molar refractivity (Wildman–Crippen MR) is 76.5 cm³/mol. The average molecular weight is 337 g/mol. The van der Waals surface area contributed by atoms with Crippen molar-refractivity contribution in [2.45, 2.75) is 18.7 Å². The smallest absolute Gasteiger partial charge is 0.279 e. The van der Waals surface area contributed by atoms with Crippen molar-refractivity contribution in [1.82, 2.24) is 13.3 Å². The Labute approximate surface area is 125 Å². The topological polar surface area (TPSA) is 99.9 Å². The van der Waals surface area contributed by atoms with E-state index in [0.717, 1.165) is 0 Å². The number of aryl methyl sites for hydroxylation is 2. The first-order valence-corrected chi connectivity index (χ1v) is 9.32. The third-order valence-electron chi connectivity index (χ3n) is 3.41. The summed E-state index contributed by atoms with van der Waals surface area (Å²) >= 11 is 0. The lowest BCUT2D eigenvalue weighted by Crippen LogP contribution is -2.52. The summed E-state index contributed by atoms with van der Waals surface area (Å²) in [6.45, 7) is 3.77. The highest BCUT2D eigenvalue weighted by Gasteiger charge is 2.34. The van der Waals surface area contributed by atoms with Crippen LogP contribution in [0.4, 0.5) is 0 Å². The van der Waals surface area contributed by atoms with Crippen LogP contribution in [0.15, 0.2) is 15.4 Å². The molecule has 0 saturated carbocycles. The molecule has 1 N–H and O–H groups in total. The molecule has 1 aromatic rings. The lowest BCUT2D eigenvalue weighted by atomic mass is 10.4. The van der Waals surface area contributed by atoms with E-state index < -0.39 is 20.2 Å². The predicted octanol–water partition coefficient (Wildman–Crippen LogP) is -0.333. The lowest BCUT2D eigenvalue weighted by Gasteiger charge is -2.32. The monoisotopic (exact) mass is 337 g/mol. The fourth-order valence-electron chi connectivity index (χ4n) is 2.28. The van der Waals surface area contributed by atoms with Crippen LogP contribution in [0, 0.1) is 13.8 Å². The molecule has 0 aromatic carbocycles. The Bertz CT molecular complexity index is 715.